The van der Waals surface area contributed by atoms with Gasteiger partial charge in [0.15, 0.2) is 18.1 Å². The van der Waals surface area contributed by atoms with Crippen molar-refractivity contribution in [2.45, 2.75) is 6.54 Å². The van der Waals surface area contributed by atoms with Crippen molar-refractivity contribution in [1.82, 2.24) is 4.90 Å². The molecule has 0 bridgehead atoms. The van der Waals surface area contributed by atoms with Crippen LogP contribution in [-0.4, -0.2) is 37.5 Å². The van der Waals surface area contributed by atoms with E-state index >= 15 is 0 Å². The predicted octanol–water partition coefficient (Wildman–Crippen LogP) is 3.14. The fourth-order valence-electron chi connectivity index (χ4n) is 2.28. The molecule has 0 saturated carbocycles. The summed E-state index contributed by atoms with van der Waals surface area (Å²) in [5.41, 5.74) is 6.33. The molecule has 26 heavy (non-hydrogen) atoms. The molecule has 0 spiro atoms. The lowest BCUT2D eigenvalue weighted by Gasteiger charge is -2.19. The standard InChI is InChI=1S/C18H18Cl2N2O4/c1-22(9-11-3-5-13(19)6-4-11)18(24)12-7-14(20)17(15(8-12)25-2)26-10-16(21)23/h3-8H,9-10H2,1-2H3,(H2,21,23). The van der Waals surface area contributed by atoms with Gasteiger partial charge in [-0.15, -0.1) is 0 Å². The summed E-state index contributed by atoms with van der Waals surface area (Å²) in [6.07, 6.45) is 0. The largest absolute Gasteiger partial charge is 0.493 e. The highest BCUT2D eigenvalue weighted by molar-refractivity contribution is 6.32. The summed E-state index contributed by atoms with van der Waals surface area (Å²) in [5, 5.41) is 0.777. The van der Waals surface area contributed by atoms with Crippen molar-refractivity contribution >= 4 is 35.0 Å². The second-order valence-corrected chi connectivity index (χ2v) is 6.38. The highest BCUT2D eigenvalue weighted by atomic mass is 35.5. The van der Waals surface area contributed by atoms with E-state index in [1.807, 2.05) is 12.1 Å². The van der Waals surface area contributed by atoms with E-state index in [1.165, 1.54) is 24.1 Å². The average molecular weight is 397 g/mol. The van der Waals surface area contributed by atoms with E-state index in [0.717, 1.165) is 5.56 Å². The number of hydrogen-bond acceptors (Lipinski definition) is 4. The number of nitrogens with two attached hydrogens (primary N) is 1. The minimum Gasteiger partial charge on any atom is -0.493 e. The predicted molar refractivity (Wildman–Crippen MR) is 99.9 cm³/mol. The van der Waals surface area contributed by atoms with Crippen LogP contribution in [0.2, 0.25) is 10.0 Å². The molecule has 2 N–H and O–H groups in total. The van der Waals surface area contributed by atoms with Crippen LogP contribution >= 0.6 is 23.2 Å². The van der Waals surface area contributed by atoms with Crippen molar-refractivity contribution in [2.24, 2.45) is 5.73 Å². The van der Waals surface area contributed by atoms with Gasteiger partial charge in [0.2, 0.25) is 0 Å². The molecule has 0 fully saturated rings. The lowest BCUT2D eigenvalue weighted by Crippen LogP contribution is -2.26. The molecule has 2 rings (SSSR count). The number of benzene rings is 2. The molecule has 0 saturated heterocycles. The number of methoxy groups -OCH3 is 1. The Kier molecular flexibility index (Phi) is 6.71. The smallest absolute Gasteiger partial charge is 0.255 e. The van der Waals surface area contributed by atoms with Gasteiger partial charge in [0.25, 0.3) is 11.8 Å². The maximum atomic E-state index is 12.7. The number of halogens is 2. The normalized spacial score (nSPS) is 10.3. The van der Waals surface area contributed by atoms with Crippen LogP contribution in [0.5, 0.6) is 11.5 Å². The van der Waals surface area contributed by atoms with Gasteiger partial charge in [-0.2, -0.15) is 0 Å². The second kappa shape index (κ2) is 8.78. The molecule has 0 aliphatic rings. The summed E-state index contributed by atoms with van der Waals surface area (Å²) in [4.78, 5) is 25.1. The van der Waals surface area contributed by atoms with Crippen LogP contribution in [0.15, 0.2) is 36.4 Å². The molecule has 2 aromatic rings. The molecule has 2 amide bonds. The van der Waals surface area contributed by atoms with E-state index in [9.17, 15) is 9.59 Å². The van der Waals surface area contributed by atoms with E-state index < -0.39 is 5.91 Å². The first kappa shape index (κ1) is 19.9. The Morgan fingerprint density at radius 2 is 1.81 bits per heavy atom. The Labute approximate surface area is 161 Å². The van der Waals surface area contributed by atoms with Crippen LogP contribution in [-0.2, 0) is 11.3 Å². The van der Waals surface area contributed by atoms with Gasteiger partial charge in [-0.1, -0.05) is 35.3 Å². The molecule has 2 aromatic carbocycles. The van der Waals surface area contributed by atoms with Crippen molar-refractivity contribution in [3.63, 3.8) is 0 Å². The Bertz CT molecular complexity index is 810. The molecule has 0 aliphatic carbocycles. The van der Waals surface area contributed by atoms with Crippen LogP contribution in [0.25, 0.3) is 0 Å². The summed E-state index contributed by atoms with van der Waals surface area (Å²) in [5.74, 6) is -0.501. The number of nitrogens with zero attached hydrogens (tertiary/aromatic N) is 1. The molecular formula is C18H18Cl2N2O4. The SMILES string of the molecule is COc1cc(C(=O)N(C)Cc2ccc(Cl)cc2)cc(Cl)c1OCC(N)=O. The third kappa shape index (κ3) is 5.03. The summed E-state index contributed by atoms with van der Waals surface area (Å²) >= 11 is 12.0. The van der Waals surface area contributed by atoms with Gasteiger partial charge in [-0.3, -0.25) is 9.59 Å². The van der Waals surface area contributed by atoms with Gasteiger partial charge >= 0.3 is 0 Å². The van der Waals surface area contributed by atoms with E-state index in [2.05, 4.69) is 0 Å². The van der Waals surface area contributed by atoms with Crippen LogP contribution in [0, 0.1) is 0 Å². The Morgan fingerprint density at radius 3 is 2.38 bits per heavy atom. The lowest BCUT2D eigenvalue weighted by molar-refractivity contribution is -0.119. The minimum absolute atomic E-state index is 0.147. The number of hydrogen-bond donors (Lipinski definition) is 1. The summed E-state index contributed by atoms with van der Waals surface area (Å²) in [7, 11) is 3.09. The van der Waals surface area contributed by atoms with Crippen LogP contribution in [0.3, 0.4) is 0 Å². The number of ether oxygens (including phenoxy) is 2. The molecule has 8 heteroatoms. The van der Waals surface area contributed by atoms with Crippen molar-refractivity contribution in [1.29, 1.82) is 0 Å². The van der Waals surface area contributed by atoms with Crippen LogP contribution in [0.1, 0.15) is 15.9 Å². The third-order valence-electron chi connectivity index (χ3n) is 3.51. The minimum atomic E-state index is -0.647. The van der Waals surface area contributed by atoms with Crippen molar-refractivity contribution in [3.05, 3.63) is 57.6 Å². The van der Waals surface area contributed by atoms with Gasteiger partial charge in [0.05, 0.1) is 12.1 Å². The highest BCUT2D eigenvalue weighted by Gasteiger charge is 2.19. The van der Waals surface area contributed by atoms with E-state index in [-0.39, 0.29) is 29.0 Å². The highest BCUT2D eigenvalue weighted by Crippen LogP contribution is 2.36. The Balaban J connectivity index is 2.20. The first-order chi connectivity index (χ1) is 12.3. The number of carbonyl (C=O) groups excluding carboxylic acids is 2. The summed E-state index contributed by atoms with van der Waals surface area (Å²) in [6.45, 7) is 0.0513. The van der Waals surface area contributed by atoms with Gasteiger partial charge in [0, 0.05) is 24.2 Å². The average Bonchev–Trinajstić information content (AvgIpc) is 2.61. The number of primary amides is 1. The molecular weight excluding hydrogens is 379 g/mol. The fraction of sp³-hybridized carbons (Fsp3) is 0.222. The topological polar surface area (TPSA) is 81.9 Å². The van der Waals surface area contributed by atoms with Gasteiger partial charge in [0.1, 0.15) is 0 Å². The van der Waals surface area contributed by atoms with Gasteiger partial charge < -0.3 is 20.1 Å². The zero-order valence-electron chi connectivity index (χ0n) is 14.3. The van der Waals surface area contributed by atoms with Crippen molar-refractivity contribution < 1.29 is 19.1 Å². The Hall–Kier alpha value is -2.44. The second-order valence-electron chi connectivity index (χ2n) is 5.53. The zero-order valence-corrected chi connectivity index (χ0v) is 15.8. The zero-order chi connectivity index (χ0) is 19.3. The number of carbonyl (C=O) groups is 2. The first-order valence-electron chi connectivity index (χ1n) is 7.60. The molecule has 0 unspecified atom stereocenters. The van der Waals surface area contributed by atoms with E-state index in [0.29, 0.717) is 17.1 Å². The van der Waals surface area contributed by atoms with E-state index in [1.54, 1.807) is 19.2 Å². The third-order valence-corrected chi connectivity index (χ3v) is 4.05. The Morgan fingerprint density at radius 1 is 1.15 bits per heavy atom. The van der Waals surface area contributed by atoms with Gasteiger partial charge in [-0.25, -0.2) is 0 Å². The number of rotatable bonds is 7. The first-order valence-corrected chi connectivity index (χ1v) is 8.36. The molecule has 0 radical (unpaired) electrons. The van der Waals surface area contributed by atoms with E-state index in [4.69, 9.17) is 38.4 Å². The lowest BCUT2D eigenvalue weighted by atomic mass is 10.1. The molecule has 0 heterocycles. The monoisotopic (exact) mass is 396 g/mol. The molecule has 0 aromatic heterocycles. The van der Waals surface area contributed by atoms with Crippen molar-refractivity contribution in [3.8, 4) is 11.5 Å². The van der Waals surface area contributed by atoms with Crippen LogP contribution < -0.4 is 15.2 Å². The summed E-state index contributed by atoms with van der Waals surface area (Å²) in [6, 6.07) is 10.2. The maximum absolute atomic E-state index is 12.7. The molecule has 0 aliphatic heterocycles. The molecule has 0 atom stereocenters. The van der Waals surface area contributed by atoms with Crippen molar-refractivity contribution in [2.75, 3.05) is 20.8 Å². The van der Waals surface area contributed by atoms with Gasteiger partial charge in [-0.05, 0) is 29.8 Å². The van der Waals surface area contributed by atoms with Crippen LogP contribution in [0.4, 0.5) is 0 Å². The maximum Gasteiger partial charge on any atom is 0.255 e. The molecule has 138 valence electrons. The fourth-order valence-corrected chi connectivity index (χ4v) is 2.67. The molecule has 6 nitrogen and oxygen atoms in total. The quantitative estimate of drug-likeness (QED) is 0.778. The number of amides is 2. The summed E-state index contributed by atoms with van der Waals surface area (Å²) < 4.78 is 10.5.